The Hall–Kier alpha value is -0.320. The average molecular weight is 289 g/mol. The first-order valence-electron chi connectivity index (χ1n) is 7.32. The van der Waals surface area contributed by atoms with E-state index in [1.54, 1.807) is 0 Å². The first kappa shape index (κ1) is 15.1. The fourth-order valence-electron chi connectivity index (χ4n) is 3.99. The van der Waals surface area contributed by atoms with Gasteiger partial charge in [-0.2, -0.15) is 0 Å². The highest BCUT2D eigenvalue weighted by Crippen LogP contribution is 2.47. The van der Waals surface area contributed by atoms with Crippen molar-refractivity contribution in [2.24, 2.45) is 23.5 Å². The summed E-state index contributed by atoms with van der Waals surface area (Å²) in [6.07, 6.45) is 6.78. The normalized spacial score (nSPS) is 35.7. The highest BCUT2D eigenvalue weighted by atomic mass is 35.5. The molecule has 1 heterocycles. The molecule has 2 bridgehead atoms. The summed E-state index contributed by atoms with van der Waals surface area (Å²) in [6, 6.07) is 0. The van der Waals surface area contributed by atoms with Crippen LogP contribution in [-0.2, 0) is 9.53 Å². The van der Waals surface area contributed by atoms with Crippen LogP contribution in [0.2, 0.25) is 0 Å². The van der Waals surface area contributed by atoms with Crippen molar-refractivity contribution < 1.29 is 9.53 Å². The van der Waals surface area contributed by atoms with Crippen LogP contribution in [0.1, 0.15) is 38.5 Å². The molecular weight excluding hydrogens is 264 g/mol. The van der Waals surface area contributed by atoms with E-state index in [9.17, 15) is 4.79 Å². The van der Waals surface area contributed by atoms with E-state index in [1.165, 1.54) is 25.7 Å². The van der Waals surface area contributed by atoms with Gasteiger partial charge in [0, 0.05) is 19.8 Å². The Morgan fingerprint density at radius 1 is 1.26 bits per heavy atom. The Morgan fingerprint density at radius 2 is 2.00 bits per heavy atom. The number of hydrogen-bond acceptors (Lipinski definition) is 3. The molecule has 1 saturated heterocycles. The molecular formula is C14H25ClN2O2. The molecule has 19 heavy (non-hydrogen) atoms. The smallest absolute Gasteiger partial charge is 0.240 e. The lowest BCUT2D eigenvalue weighted by atomic mass is 9.87. The quantitative estimate of drug-likeness (QED) is 0.826. The molecule has 5 heteroatoms. The predicted molar refractivity (Wildman–Crippen MR) is 76.2 cm³/mol. The summed E-state index contributed by atoms with van der Waals surface area (Å²) < 4.78 is 5.27. The van der Waals surface area contributed by atoms with E-state index >= 15 is 0 Å². The monoisotopic (exact) mass is 288 g/mol. The van der Waals surface area contributed by atoms with E-state index in [2.05, 4.69) is 5.32 Å². The van der Waals surface area contributed by atoms with Gasteiger partial charge in [0.25, 0.3) is 0 Å². The molecule has 3 fully saturated rings. The molecule has 1 aliphatic heterocycles. The summed E-state index contributed by atoms with van der Waals surface area (Å²) in [7, 11) is 0. The highest BCUT2D eigenvalue weighted by Gasteiger charge is 2.41. The van der Waals surface area contributed by atoms with Gasteiger partial charge in [-0.25, -0.2) is 0 Å². The van der Waals surface area contributed by atoms with Crippen molar-refractivity contribution in [3.05, 3.63) is 0 Å². The van der Waals surface area contributed by atoms with Crippen LogP contribution in [0.4, 0.5) is 0 Å². The van der Waals surface area contributed by atoms with E-state index in [0.717, 1.165) is 18.4 Å². The van der Waals surface area contributed by atoms with Crippen molar-refractivity contribution >= 4 is 18.3 Å². The Bertz CT molecular complexity index is 331. The maximum atomic E-state index is 12.2. The molecule has 3 rings (SSSR count). The molecule has 3 unspecified atom stereocenters. The number of rotatable bonds is 3. The van der Waals surface area contributed by atoms with E-state index in [-0.39, 0.29) is 18.3 Å². The number of hydrogen-bond donors (Lipinski definition) is 2. The first-order valence-corrected chi connectivity index (χ1v) is 7.32. The number of halogens is 1. The Labute approximate surface area is 121 Å². The molecule has 110 valence electrons. The minimum atomic E-state index is -0.685. The molecule has 0 aromatic rings. The lowest BCUT2D eigenvalue weighted by molar-refractivity contribution is -0.130. The van der Waals surface area contributed by atoms with Crippen LogP contribution in [0.3, 0.4) is 0 Å². The zero-order valence-corrected chi connectivity index (χ0v) is 12.2. The van der Waals surface area contributed by atoms with Gasteiger partial charge in [-0.15, -0.1) is 12.4 Å². The van der Waals surface area contributed by atoms with Crippen molar-refractivity contribution in [1.29, 1.82) is 0 Å². The van der Waals surface area contributed by atoms with Crippen molar-refractivity contribution in [3.8, 4) is 0 Å². The van der Waals surface area contributed by atoms with Crippen molar-refractivity contribution in [2.75, 3.05) is 19.8 Å². The van der Waals surface area contributed by atoms with Crippen molar-refractivity contribution in [3.63, 3.8) is 0 Å². The molecule has 0 aromatic heterocycles. The van der Waals surface area contributed by atoms with Gasteiger partial charge in [0.05, 0.1) is 5.54 Å². The fourth-order valence-corrected chi connectivity index (χ4v) is 3.99. The second kappa shape index (κ2) is 5.98. The summed E-state index contributed by atoms with van der Waals surface area (Å²) in [5.74, 6) is 2.54. The largest absolute Gasteiger partial charge is 0.381 e. The number of fused-ring (bicyclic) bond motifs is 2. The minimum absolute atomic E-state index is 0. The van der Waals surface area contributed by atoms with Crippen LogP contribution in [0.15, 0.2) is 0 Å². The molecule has 0 radical (unpaired) electrons. The van der Waals surface area contributed by atoms with Crippen molar-refractivity contribution in [1.82, 2.24) is 5.32 Å². The zero-order valence-electron chi connectivity index (χ0n) is 11.4. The summed E-state index contributed by atoms with van der Waals surface area (Å²) in [5.41, 5.74) is 5.49. The lowest BCUT2D eigenvalue weighted by Crippen LogP contribution is -2.57. The van der Waals surface area contributed by atoms with Gasteiger partial charge >= 0.3 is 0 Å². The molecule has 1 amide bonds. The van der Waals surface area contributed by atoms with Crippen LogP contribution >= 0.6 is 12.4 Å². The number of carbonyl (C=O) groups excluding carboxylic acids is 1. The SMILES string of the molecule is Cl.NC1(C(=O)NCC2CC3CCC2C3)CCOCC1. The van der Waals surface area contributed by atoms with E-state index in [0.29, 0.717) is 32.0 Å². The predicted octanol–water partition coefficient (Wildman–Crippen LogP) is 1.47. The van der Waals surface area contributed by atoms with E-state index < -0.39 is 5.54 Å². The Balaban J connectivity index is 0.00000133. The van der Waals surface area contributed by atoms with Crippen LogP contribution in [0.5, 0.6) is 0 Å². The minimum Gasteiger partial charge on any atom is -0.381 e. The third kappa shape index (κ3) is 3.06. The number of ether oxygens (including phenoxy) is 1. The van der Waals surface area contributed by atoms with Crippen LogP contribution in [-0.4, -0.2) is 31.2 Å². The topological polar surface area (TPSA) is 64.4 Å². The summed E-state index contributed by atoms with van der Waals surface area (Å²) in [4.78, 5) is 12.2. The highest BCUT2D eigenvalue weighted by molar-refractivity contribution is 5.86. The summed E-state index contributed by atoms with van der Waals surface area (Å²) in [6.45, 7) is 2.05. The van der Waals surface area contributed by atoms with Gasteiger partial charge in [0.2, 0.25) is 5.91 Å². The van der Waals surface area contributed by atoms with Crippen molar-refractivity contribution in [2.45, 2.75) is 44.1 Å². The van der Waals surface area contributed by atoms with Crippen LogP contribution in [0, 0.1) is 17.8 Å². The number of amides is 1. The second-order valence-corrected chi connectivity index (χ2v) is 6.41. The van der Waals surface area contributed by atoms with Gasteiger partial charge in [-0.3, -0.25) is 4.79 Å². The van der Waals surface area contributed by atoms with Gasteiger partial charge in [-0.1, -0.05) is 6.42 Å². The maximum Gasteiger partial charge on any atom is 0.240 e. The number of nitrogens with two attached hydrogens (primary N) is 1. The maximum absolute atomic E-state index is 12.2. The van der Waals surface area contributed by atoms with Crippen LogP contribution < -0.4 is 11.1 Å². The van der Waals surface area contributed by atoms with Gasteiger partial charge < -0.3 is 15.8 Å². The van der Waals surface area contributed by atoms with Gasteiger partial charge in [-0.05, 0) is 49.9 Å². The van der Waals surface area contributed by atoms with E-state index in [1.807, 2.05) is 0 Å². The third-order valence-corrected chi connectivity index (χ3v) is 5.25. The standard InChI is InChI=1S/C14H24N2O2.ClH/c15-14(3-5-18-6-4-14)13(17)16-9-12-8-10-1-2-11(12)7-10;/h10-12H,1-9,15H2,(H,16,17);1H. The zero-order chi connectivity index (χ0) is 12.6. The molecule has 2 aliphatic carbocycles. The average Bonchev–Trinajstić information content (AvgIpc) is 2.99. The molecule has 0 aromatic carbocycles. The summed E-state index contributed by atoms with van der Waals surface area (Å²) >= 11 is 0. The number of carbonyl (C=O) groups is 1. The van der Waals surface area contributed by atoms with Gasteiger partial charge in [0.15, 0.2) is 0 Å². The molecule has 3 N–H and O–H groups in total. The molecule has 4 nitrogen and oxygen atoms in total. The first-order chi connectivity index (χ1) is 8.67. The lowest BCUT2D eigenvalue weighted by Gasteiger charge is -2.32. The van der Waals surface area contributed by atoms with Gasteiger partial charge in [0.1, 0.15) is 0 Å². The third-order valence-electron chi connectivity index (χ3n) is 5.25. The Kier molecular flexibility index (Phi) is 4.75. The summed E-state index contributed by atoms with van der Waals surface area (Å²) in [5, 5.41) is 3.10. The molecule has 3 atom stereocenters. The van der Waals surface area contributed by atoms with Crippen LogP contribution in [0.25, 0.3) is 0 Å². The molecule has 2 saturated carbocycles. The molecule has 3 aliphatic rings. The fraction of sp³-hybridized carbons (Fsp3) is 0.929. The Morgan fingerprint density at radius 3 is 2.58 bits per heavy atom. The molecule has 0 spiro atoms. The van der Waals surface area contributed by atoms with E-state index in [4.69, 9.17) is 10.5 Å². The number of nitrogens with one attached hydrogen (secondary N) is 1. The second-order valence-electron chi connectivity index (χ2n) is 6.41.